The highest BCUT2D eigenvalue weighted by molar-refractivity contribution is 9.10. The lowest BCUT2D eigenvalue weighted by Crippen LogP contribution is -2.40. The van der Waals surface area contributed by atoms with Gasteiger partial charge in [-0.05, 0) is 42.8 Å². The molecule has 1 aromatic rings. The summed E-state index contributed by atoms with van der Waals surface area (Å²) in [5.74, 6) is 0. The van der Waals surface area contributed by atoms with Gasteiger partial charge in [-0.1, -0.05) is 47.3 Å². The maximum absolute atomic E-state index is 5.23. The molecule has 1 fully saturated rings. The first kappa shape index (κ1) is 14.5. The van der Waals surface area contributed by atoms with Gasteiger partial charge in [0.2, 0.25) is 0 Å². The van der Waals surface area contributed by atoms with Crippen LogP contribution in [0.1, 0.15) is 37.7 Å². The highest BCUT2D eigenvalue weighted by Gasteiger charge is 2.13. The van der Waals surface area contributed by atoms with Crippen LogP contribution >= 0.6 is 28.1 Å². The SMILES string of the molecule is S=C(N/N=C\c1cccc(Br)c1)NC1CCCCC1. The van der Waals surface area contributed by atoms with Gasteiger partial charge in [0.05, 0.1) is 6.21 Å². The Morgan fingerprint density at radius 3 is 2.84 bits per heavy atom. The molecule has 0 spiro atoms. The number of hydrazone groups is 1. The summed E-state index contributed by atoms with van der Waals surface area (Å²) in [5, 5.41) is 8.07. The van der Waals surface area contributed by atoms with E-state index in [1.54, 1.807) is 6.21 Å². The topological polar surface area (TPSA) is 36.4 Å². The number of thiocarbonyl (C=S) groups is 1. The number of nitrogens with one attached hydrogen (secondary N) is 2. The minimum Gasteiger partial charge on any atom is -0.359 e. The molecule has 1 aliphatic carbocycles. The van der Waals surface area contributed by atoms with E-state index in [0.717, 1.165) is 10.0 Å². The maximum atomic E-state index is 5.23. The van der Waals surface area contributed by atoms with Crippen molar-refractivity contribution in [1.82, 2.24) is 10.7 Å². The smallest absolute Gasteiger partial charge is 0.187 e. The fourth-order valence-electron chi connectivity index (χ4n) is 2.22. The fourth-order valence-corrected chi connectivity index (χ4v) is 2.85. The molecule has 1 aliphatic rings. The van der Waals surface area contributed by atoms with E-state index in [-0.39, 0.29) is 0 Å². The summed E-state index contributed by atoms with van der Waals surface area (Å²) in [6.07, 6.45) is 8.11. The molecule has 0 aromatic heterocycles. The Hall–Kier alpha value is -0.940. The second-order valence-corrected chi connectivity index (χ2v) is 6.06. The molecule has 0 bridgehead atoms. The number of halogens is 1. The molecule has 19 heavy (non-hydrogen) atoms. The Balaban J connectivity index is 1.76. The minimum atomic E-state index is 0.509. The maximum Gasteiger partial charge on any atom is 0.187 e. The molecule has 102 valence electrons. The molecule has 0 heterocycles. The van der Waals surface area contributed by atoms with Crippen molar-refractivity contribution >= 4 is 39.5 Å². The molecule has 0 unspecified atom stereocenters. The molecular formula is C14H18BrN3S. The van der Waals surface area contributed by atoms with E-state index in [1.165, 1.54) is 32.1 Å². The largest absolute Gasteiger partial charge is 0.359 e. The van der Waals surface area contributed by atoms with Gasteiger partial charge in [-0.25, -0.2) is 0 Å². The van der Waals surface area contributed by atoms with Gasteiger partial charge in [-0.3, -0.25) is 5.43 Å². The van der Waals surface area contributed by atoms with Crippen LogP contribution in [-0.4, -0.2) is 17.4 Å². The van der Waals surface area contributed by atoms with Gasteiger partial charge in [0.15, 0.2) is 5.11 Å². The van der Waals surface area contributed by atoms with Crippen molar-refractivity contribution < 1.29 is 0 Å². The molecule has 1 saturated carbocycles. The third-order valence-electron chi connectivity index (χ3n) is 3.17. The summed E-state index contributed by atoms with van der Waals surface area (Å²) < 4.78 is 1.04. The van der Waals surface area contributed by atoms with Crippen molar-refractivity contribution in [2.24, 2.45) is 5.10 Å². The molecule has 0 saturated heterocycles. The van der Waals surface area contributed by atoms with Gasteiger partial charge < -0.3 is 5.32 Å². The van der Waals surface area contributed by atoms with Gasteiger partial charge in [0, 0.05) is 10.5 Å². The third kappa shape index (κ3) is 5.28. The van der Waals surface area contributed by atoms with Crippen molar-refractivity contribution in [3.05, 3.63) is 34.3 Å². The summed E-state index contributed by atoms with van der Waals surface area (Å²) >= 11 is 8.66. The van der Waals surface area contributed by atoms with E-state index < -0.39 is 0 Å². The van der Waals surface area contributed by atoms with Crippen LogP contribution < -0.4 is 10.7 Å². The molecular weight excluding hydrogens is 322 g/mol. The van der Waals surface area contributed by atoms with E-state index in [4.69, 9.17) is 12.2 Å². The van der Waals surface area contributed by atoms with Gasteiger partial charge in [-0.15, -0.1) is 0 Å². The Labute approximate surface area is 128 Å². The van der Waals surface area contributed by atoms with Crippen molar-refractivity contribution in [2.75, 3.05) is 0 Å². The number of rotatable bonds is 3. The summed E-state index contributed by atoms with van der Waals surface area (Å²) in [6.45, 7) is 0. The highest BCUT2D eigenvalue weighted by Crippen LogP contribution is 2.17. The lowest BCUT2D eigenvalue weighted by Gasteiger charge is -2.23. The molecule has 2 N–H and O–H groups in total. The molecule has 5 heteroatoms. The zero-order valence-corrected chi connectivity index (χ0v) is 13.1. The zero-order chi connectivity index (χ0) is 13.5. The summed E-state index contributed by atoms with van der Waals surface area (Å²) in [5.41, 5.74) is 3.90. The first-order valence-electron chi connectivity index (χ1n) is 6.59. The van der Waals surface area contributed by atoms with Crippen molar-refractivity contribution in [3.8, 4) is 0 Å². The van der Waals surface area contributed by atoms with Crippen LogP contribution in [0, 0.1) is 0 Å². The van der Waals surface area contributed by atoms with Crippen LogP contribution in [0.5, 0.6) is 0 Å². The molecule has 1 aromatic carbocycles. The van der Waals surface area contributed by atoms with Crippen LogP contribution in [-0.2, 0) is 0 Å². The molecule has 0 radical (unpaired) electrons. The monoisotopic (exact) mass is 339 g/mol. The van der Waals surface area contributed by atoms with Gasteiger partial charge in [-0.2, -0.15) is 5.10 Å². The quantitative estimate of drug-likeness (QED) is 0.502. The zero-order valence-electron chi connectivity index (χ0n) is 10.7. The first-order chi connectivity index (χ1) is 9.24. The Kier molecular flexibility index (Phi) is 5.79. The number of nitrogens with zero attached hydrogens (tertiary/aromatic N) is 1. The average Bonchev–Trinajstić information content (AvgIpc) is 2.40. The van der Waals surface area contributed by atoms with E-state index in [1.807, 2.05) is 24.3 Å². The second-order valence-electron chi connectivity index (χ2n) is 4.73. The molecule has 3 nitrogen and oxygen atoms in total. The molecule has 0 atom stereocenters. The van der Waals surface area contributed by atoms with Gasteiger partial charge in [0.25, 0.3) is 0 Å². The minimum absolute atomic E-state index is 0.509. The van der Waals surface area contributed by atoms with Gasteiger partial charge in [0.1, 0.15) is 0 Å². The normalized spacial score (nSPS) is 16.5. The standard InChI is InChI=1S/C14H18BrN3S/c15-12-6-4-5-11(9-12)10-16-18-14(19)17-13-7-2-1-3-8-13/h4-6,9-10,13H,1-3,7-8H2,(H2,17,18,19)/b16-10-. The van der Waals surface area contributed by atoms with Crippen molar-refractivity contribution in [2.45, 2.75) is 38.1 Å². The average molecular weight is 340 g/mol. The number of hydrogen-bond acceptors (Lipinski definition) is 2. The number of benzene rings is 1. The van der Waals surface area contributed by atoms with Crippen LogP contribution in [0.15, 0.2) is 33.8 Å². The third-order valence-corrected chi connectivity index (χ3v) is 3.87. The van der Waals surface area contributed by atoms with Crippen LogP contribution in [0.2, 0.25) is 0 Å². The summed E-state index contributed by atoms with van der Waals surface area (Å²) in [6, 6.07) is 8.47. The molecule has 0 aliphatic heterocycles. The molecule has 2 rings (SSSR count). The van der Waals surface area contributed by atoms with Crippen molar-refractivity contribution in [3.63, 3.8) is 0 Å². The van der Waals surface area contributed by atoms with Gasteiger partial charge >= 0.3 is 0 Å². The Bertz CT molecular complexity index is 456. The van der Waals surface area contributed by atoms with E-state index in [0.29, 0.717) is 11.2 Å². The Morgan fingerprint density at radius 1 is 1.32 bits per heavy atom. The highest BCUT2D eigenvalue weighted by atomic mass is 79.9. The number of hydrogen-bond donors (Lipinski definition) is 2. The van der Waals surface area contributed by atoms with Crippen LogP contribution in [0.4, 0.5) is 0 Å². The van der Waals surface area contributed by atoms with Crippen molar-refractivity contribution in [1.29, 1.82) is 0 Å². The second kappa shape index (κ2) is 7.60. The van der Waals surface area contributed by atoms with E-state index in [2.05, 4.69) is 31.8 Å². The lowest BCUT2D eigenvalue weighted by molar-refractivity contribution is 0.412. The lowest BCUT2D eigenvalue weighted by atomic mass is 9.96. The predicted molar refractivity (Wildman–Crippen MR) is 87.5 cm³/mol. The Morgan fingerprint density at radius 2 is 2.11 bits per heavy atom. The predicted octanol–water partition coefficient (Wildman–Crippen LogP) is 3.58. The first-order valence-corrected chi connectivity index (χ1v) is 7.79. The summed E-state index contributed by atoms with van der Waals surface area (Å²) in [7, 11) is 0. The molecule has 0 amide bonds. The van der Waals surface area contributed by atoms with E-state index in [9.17, 15) is 0 Å². The summed E-state index contributed by atoms with van der Waals surface area (Å²) in [4.78, 5) is 0. The fraction of sp³-hybridized carbons (Fsp3) is 0.429. The van der Waals surface area contributed by atoms with E-state index >= 15 is 0 Å². The van der Waals surface area contributed by atoms with Crippen LogP contribution in [0.3, 0.4) is 0 Å². The van der Waals surface area contributed by atoms with Crippen LogP contribution in [0.25, 0.3) is 0 Å².